The SMILES string of the molecule is CC1CC(CNC(=O)N2C[C@@H](C(F)(F)F)[C@H](C(=O)O)C2)CCO1. The molecule has 2 fully saturated rings. The summed E-state index contributed by atoms with van der Waals surface area (Å²) in [5, 5.41) is 11.6. The van der Waals surface area contributed by atoms with Gasteiger partial charge in [0.15, 0.2) is 0 Å². The highest BCUT2D eigenvalue weighted by molar-refractivity contribution is 5.77. The van der Waals surface area contributed by atoms with Crippen LogP contribution < -0.4 is 5.32 Å². The number of halogens is 3. The molecule has 0 saturated carbocycles. The zero-order chi connectivity index (χ0) is 17.2. The van der Waals surface area contributed by atoms with Crippen molar-refractivity contribution in [3.05, 3.63) is 0 Å². The van der Waals surface area contributed by atoms with Gasteiger partial charge in [-0.05, 0) is 25.7 Å². The first-order valence-electron chi connectivity index (χ1n) is 7.62. The second kappa shape index (κ2) is 6.94. The normalized spacial score (nSPS) is 31.9. The number of nitrogens with zero attached hydrogens (tertiary/aromatic N) is 1. The Bertz CT molecular complexity index is 458. The Labute approximate surface area is 132 Å². The minimum Gasteiger partial charge on any atom is -0.481 e. The molecule has 23 heavy (non-hydrogen) atoms. The standard InChI is InChI=1S/C14H21F3N2O4/c1-8-4-9(2-3-23-8)5-18-13(22)19-6-10(12(20)21)11(7-19)14(15,16)17/h8-11H,2-7H2,1H3,(H,18,22)(H,20,21)/t8?,9?,10-,11-/m1/s1. The molecule has 2 unspecified atom stereocenters. The summed E-state index contributed by atoms with van der Waals surface area (Å²) >= 11 is 0. The lowest BCUT2D eigenvalue weighted by atomic mass is 9.96. The van der Waals surface area contributed by atoms with Gasteiger partial charge in [0.25, 0.3) is 0 Å². The van der Waals surface area contributed by atoms with Crippen molar-refractivity contribution in [3.8, 4) is 0 Å². The van der Waals surface area contributed by atoms with Crippen molar-refractivity contribution < 1.29 is 32.6 Å². The van der Waals surface area contributed by atoms with Gasteiger partial charge in [-0.25, -0.2) is 4.79 Å². The first-order chi connectivity index (χ1) is 10.7. The van der Waals surface area contributed by atoms with Crippen molar-refractivity contribution in [3.63, 3.8) is 0 Å². The first-order valence-corrected chi connectivity index (χ1v) is 7.62. The predicted molar refractivity (Wildman–Crippen MR) is 73.8 cm³/mol. The van der Waals surface area contributed by atoms with E-state index in [0.717, 1.165) is 17.7 Å². The van der Waals surface area contributed by atoms with E-state index in [1.807, 2.05) is 6.92 Å². The van der Waals surface area contributed by atoms with Crippen molar-refractivity contribution in [1.29, 1.82) is 0 Å². The van der Waals surface area contributed by atoms with Gasteiger partial charge in [0.2, 0.25) is 0 Å². The second-order valence-electron chi connectivity index (χ2n) is 6.26. The minimum atomic E-state index is -4.63. The Morgan fingerprint density at radius 1 is 1.35 bits per heavy atom. The molecule has 0 bridgehead atoms. The summed E-state index contributed by atoms with van der Waals surface area (Å²) in [7, 11) is 0. The molecule has 2 amide bonds. The Kier molecular flexibility index (Phi) is 5.38. The van der Waals surface area contributed by atoms with Crippen molar-refractivity contribution in [2.24, 2.45) is 17.8 Å². The van der Waals surface area contributed by atoms with Crippen LogP contribution in [0.1, 0.15) is 19.8 Å². The lowest BCUT2D eigenvalue weighted by Gasteiger charge is -2.28. The second-order valence-corrected chi connectivity index (χ2v) is 6.26. The molecule has 0 spiro atoms. The Morgan fingerprint density at radius 3 is 2.57 bits per heavy atom. The summed E-state index contributed by atoms with van der Waals surface area (Å²) < 4.78 is 44.1. The largest absolute Gasteiger partial charge is 0.481 e. The topological polar surface area (TPSA) is 78.9 Å². The van der Waals surface area contributed by atoms with Gasteiger partial charge >= 0.3 is 18.2 Å². The van der Waals surface area contributed by atoms with E-state index in [0.29, 0.717) is 13.2 Å². The molecule has 132 valence electrons. The van der Waals surface area contributed by atoms with E-state index in [-0.39, 0.29) is 12.0 Å². The summed E-state index contributed by atoms with van der Waals surface area (Å²) in [5.74, 6) is -4.93. The highest BCUT2D eigenvalue weighted by atomic mass is 19.4. The highest BCUT2D eigenvalue weighted by Crippen LogP contribution is 2.37. The number of ether oxygens (including phenoxy) is 1. The van der Waals surface area contributed by atoms with Crippen LogP contribution in [-0.4, -0.2) is 60.5 Å². The molecule has 2 aliphatic heterocycles. The third-order valence-electron chi connectivity index (χ3n) is 4.48. The number of carboxylic acid groups (broad SMARTS) is 1. The molecule has 6 nitrogen and oxygen atoms in total. The number of alkyl halides is 3. The number of amides is 2. The lowest BCUT2D eigenvalue weighted by Crippen LogP contribution is -2.42. The molecule has 9 heteroatoms. The van der Waals surface area contributed by atoms with Crippen LogP contribution in [0, 0.1) is 17.8 Å². The van der Waals surface area contributed by atoms with Gasteiger partial charge < -0.3 is 20.1 Å². The molecular weight excluding hydrogens is 317 g/mol. The van der Waals surface area contributed by atoms with E-state index >= 15 is 0 Å². The maximum Gasteiger partial charge on any atom is 0.394 e. The summed E-state index contributed by atoms with van der Waals surface area (Å²) in [4.78, 5) is 24.0. The van der Waals surface area contributed by atoms with Crippen LogP contribution in [0.3, 0.4) is 0 Å². The number of aliphatic carboxylic acids is 1. The van der Waals surface area contributed by atoms with E-state index in [4.69, 9.17) is 9.84 Å². The maximum absolute atomic E-state index is 12.9. The fourth-order valence-corrected chi connectivity index (χ4v) is 3.17. The summed E-state index contributed by atoms with van der Waals surface area (Å²) in [5.41, 5.74) is 0. The quantitative estimate of drug-likeness (QED) is 0.821. The van der Waals surface area contributed by atoms with E-state index < -0.39 is 43.1 Å². The molecule has 0 aliphatic carbocycles. The van der Waals surface area contributed by atoms with E-state index in [9.17, 15) is 22.8 Å². The molecule has 2 rings (SSSR count). The summed E-state index contributed by atoms with van der Waals surface area (Å²) in [6, 6.07) is -0.637. The van der Waals surface area contributed by atoms with Crippen LogP contribution in [0.5, 0.6) is 0 Å². The summed E-state index contributed by atoms with van der Waals surface area (Å²) in [6.07, 6.45) is -2.96. The average Bonchev–Trinajstić information content (AvgIpc) is 2.90. The third-order valence-corrected chi connectivity index (χ3v) is 4.48. The van der Waals surface area contributed by atoms with Crippen molar-refractivity contribution >= 4 is 12.0 Å². The van der Waals surface area contributed by atoms with Gasteiger partial charge in [0, 0.05) is 26.2 Å². The van der Waals surface area contributed by atoms with Crippen LogP contribution in [-0.2, 0) is 9.53 Å². The van der Waals surface area contributed by atoms with E-state index in [2.05, 4.69) is 5.32 Å². The third kappa shape index (κ3) is 4.49. The highest BCUT2D eigenvalue weighted by Gasteiger charge is 2.53. The molecule has 2 heterocycles. The van der Waals surface area contributed by atoms with Crippen LogP contribution in [0.4, 0.5) is 18.0 Å². The van der Waals surface area contributed by atoms with Gasteiger partial charge in [-0.3, -0.25) is 4.79 Å². The molecule has 0 aromatic carbocycles. The Balaban J connectivity index is 1.89. The van der Waals surface area contributed by atoms with Crippen molar-refractivity contribution in [2.75, 3.05) is 26.2 Å². The van der Waals surface area contributed by atoms with E-state index in [1.54, 1.807) is 0 Å². The lowest BCUT2D eigenvalue weighted by molar-refractivity contribution is -0.187. The zero-order valence-electron chi connectivity index (χ0n) is 12.8. The monoisotopic (exact) mass is 338 g/mol. The first kappa shape index (κ1) is 17.8. The maximum atomic E-state index is 12.9. The molecule has 0 aromatic heterocycles. The fourth-order valence-electron chi connectivity index (χ4n) is 3.17. The van der Waals surface area contributed by atoms with Gasteiger partial charge in [-0.1, -0.05) is 0 Å². The summed E-state index contributed by atoms with van der Waals surface area (Å²) in [6.45, 7) is 1.85. The van der Waals surface area contributed by atoms with Gasteiger partial charge in [-0.2, -0.15) is 13.2 Å². The van der Waals surface area contributed by atoms with Crippen LogP contribution in [0.25, 0.3) is 0 Å². The van der Waals surface area contributed by atoms with Crippen LogP contribution in [0.15, 0.2) is 0 Å². The number of likely N-dealkylation sites (tertiary alicyclic amines) is 1. The van der Waals surface area contributed by atoms with E-state index in [1.165, 1.54) is 0 Å². The molecule has 0 aromatic rings. The molecule has 2 N–H and O–H groups in total. The number of nitrogens with one attached hydrogen (secondary N) is 1. The number of carboxylic acids is 1. The van der Waals surface area contributed by atoms with Crippen LogP contribution in [0.2, 0.25) is 0 Å². The fraction of sp³-hybridized carbons (Fsp3) is 0.857. The number of carbonyl (C=O) groups is 2. The number of urea groups is 1. The molecule has 2 aliphatic rings. The van der Waals surface area contributed by atoms with Crippen molar-refractivity contribution in [1.82, 2.24) is 10.2 Å². The molecule has 0 radical (unpaired) electrons. The van der Waals surface area contributed by atoms with Gasteiger partial charge in [0.1, 0.15) is 0 Å². The van der Waals surface area contributed by atoms with Gasteiger partial charge in [0.05, 0.1) is 17.9 Å². The van der Waals surface area contributed by atoms with Gasteiger partial charge in [-0.15, -0.1) is 0 Å². The zero-order valence-corrected chi connectivity index (χ0v) is 12.8. The predicted octanol–water partition coefficient (Wildman–Crippen LogP) is 1.71. The number of carbonyl (C=O) groups excluding carboxylic acids is 1. The molecular formula is C14H21F3N2O4. The van der Waals surface area contributed by atoms with Crippen molar-refractivity contribution in [2.45, 2.75) is 32.0 Å². The average molecular weight is 338 g/mol. The number of rotatable bonds is 3. The Hall–Kier alpha value is -1.51. The van der Waals surface area contributed by atoms with Crippen LogP contribution >= 0.6 is 0 Å². The molecule has 4 atom stereocenters. The number of hydrogen-bond acceptors (Lipinski definition) is 3. The number of hydrogen-bond donors (Lipinski definition) is 2. The molecule has 2 saturated heterocycles. The Morgan fingerprint density at radius 2 is 2.04 bits per heavy atom. The minimum absolute atomic E-state index is 0.100. The smallest absolute Gasteiger partial charge is 0.394 e.